The molecule has 0 aliphatic carbocycles. The first-order valence-corrected chi connectivity index (χ1v) is 12.3. The molecular weight excluding hydrogens is 418 g/mol. The first kappa shape index (κ1) is 23.6. The molecule has 1 amide bonds. The Bertz CT molecular complexity index is 997. The molecule has 0 radical (unpaired) electrons. The van der Waals surface area contributed by atoms with E-state index in [4.69, 9.17) is 4.74 Å². The van der Waals surface area contributed by atoms with Crippen molar-refractivity contribution in [3.8, 4) is 0 Å². The van der Waals surface area contributed by atoms with Crippen molar-refractivity contribution in [3.63, 3.8) is 0 Å². The van der Waals surface area contributed by atoms with E-state index in [0.717, 1.165) is 50.6 Å². The van der Waals surface area contributed by atoms with E-state index in [0.29, 0.717) is 31.4 Å². The molecule has 9 nitrogen and oxygen atoms in total. The van der Waals surface area contributed by atoms with Crippen molar-refractivity contribution < 1.29 is 17.9 Å². The first-order valence-electron chi connectivity index (χ1n) is 10.8. The second-order valence-corrected chi connectivity index (χ2v) is 10.0. The summed E-state index contributed by atoms with van der Waals surface area (Å²) in [5, 5.41) is 2.99. The van der Waals surface area contributed by atoms with E-state index in [2.05, 4.69) is 15.2 Å². The number of sulfonamides is 1. The summed E-state index contributed by atoms with van der Waals surface area (Å²) in [4.78, 5) is 19.5. The Morgan fingerprint density at radius 3 is 2.68 bits per heavy atom. The summed E-state index contributed by atoms with van der Waals surface area (Å²) in [7, 11) is -0.498. The van der Waals surface area contributed by atoms with Crippen LogP contribution in [0.3, 0.4) is 0 Å². The van der Waals surface area contributed by atoms with E-state index < -0.39 is 10.0 Å². The minimum atomic E-state index is -3.52. The molecule has 1 N–H and O–H groups in total. The van der Waals surface area contributed by atoms with Gasteiger partial charge in [-0.2, -0.15) is 0 Å². The monoisotopic (exact) mass is 451 g/mol. The zero-order valence-corrected chi connectivity index (χ0v) is 19.4. The number of carbonyl (C=O) groups is 1. The first-order chi connectivity index (χ1) is 14.8. The topological polar surface area (TPSA) is 96.8 Å². The molecule has 0 bridgehead atoms. The Labute approximate surface area is 184 Å². The molecule has 2 heterocycles. The van der Waals surface area contributed by atoms with Crippen molar-refractivity contribution in [2.75, 3.05) is 53.5 Å². The number of carbonyl (C=O) groups excluding carboxylic acids is 1. The number of benzene rings is 1. The fourth-order valence-corrected chi connectivity index (χ4v) is 4.67. The summed E-state index contributed by atoms with van der Waals surface area (Å²) in [6, 6.07) is 5.00. The molecule has 0 saturated carbocycles. The molecule has 1 aliphatic heterocycles. The molecule has 2 aromatic rings. The number of hydrogen-bond donors (Lipinski definition) is 1. The Hall–Kier alpha value is -2.01. The molecule has 172 valence electrons. The average molecular weight is 452 g/mol. The SMILES string of the molecule is CCn1c(CCC(=O)NCCCN2CCOCC2)nc2cc(S(=O)(=O)N(C)C)ccc21. The predicted molar refractivity (Wildman–Crippen MR) is 119 cm³/mol. The molecular formula is C21H33N5O4S. The van der Waals surface area contributed by atoms with Crippen molar-refractivity contribution in [2.24, 2.45) is 0 Å². The van der Waals surface area contributed by atoms with Crippen molar-refractivity contribution in [1.82, 2.24) is 24.1 Å². The number of nitrogens with zero attached hydrogens (tertiary/aromatic N) is 4. The average Bonchev–Trinajstić information content (AvgIpc) is 3.12. The summed E-state index contributed by atoms with van der Waals surface area (Å²) in [6.07, 6.45) is 1.78. The largest absolute Gasteiger partial charge is 0.379 e. The summed E-state index contributed by atoms with van der Waals surface area (Å²) in [5.41, 5.74) is 1.51. The zero-order chi connectivity index (χ0) is 22.4. The quantitative estimate of drug-likeness (QED) is 0.543. The standard InChI is InChI=1S/C21H33N5O4S/c1-4-26-19-7-6-17(31(28,29)24(2)3)16-18(19)23-20(26)8-9-21(27)22-10-5-11-25-12-14-30-15-13-25/h6-7,16H,4-5,8-15H2,1-3H3,(H,22,27). The Kier molecular flexibility index (Phi) is 8.04. The number of fused-ring (bicyclic) bond motifs is 1. The van der Waals surface area contributed by atoms with Gasteiger partial charge in [0.25, 0.3) is 0 Å². The molecule has 10 heteroatoms. The van der Waals surface area contributed by atoms with Crippen LogP contribution in [0.1, 0.15) is 25.6 Å². The number of nitrogens with one attached hydrogen (secondary N) is 1. The van der Waals surface area contributed by atoms with Gasteiger partial charge in [0.2, 0.25) is 15.9 Å². The van der Waals surface area contributed by atoms with Crippen LogP contribution in [0.25, 0.3) is 11.0 Å². The third-order valence-corrected chi connectivity index (χ3v) is 7.36. The fraction of sp³-hybridized carbons (Fsp3) is 0.619. The number of aromatic nitrogens is 2. The highest BCUT2D eigenvalue weighted by Gasteiger charge is 2.19. The van der Waals surface area contributed by atoms with Gasteiger partial charge in [-0.3, -0.25) is 9.69 Å². The molecule has 1 aromatic heterocycles. The fourth-order valence-electron chi connectivity index (χ4n) is 3.74. The Balaban J connectivity index is 1.57. The highest BCUT2D eigenvalue weighted by molar-refractivity contribution is 7.89. The van der Waals surface area contributed by atoms with Crippen LogP contribution >= 0.6 is 0 Å². The third-order valence-electron chi connectivity index (χ3n) is 5.55. The van der Waals surface area contributed by atoms with Crippen LogP contribution in [0.2, 0.25) is 0 Å². The van der Waals surface area contributed by atoms with Gasteiger partial charge in [0.1, 0.15) is 5.82 Å². The predicted octanol–water partition coefficient (Wildman–Crippen LogP) is 1.08. The summed E-state index contributed by atoms with van der Waals surface area (Å²) >= 11 is 0. The highest BCUT2D eigenvalue weighted by atomic mass is 32.2. The smallest absolute Gasteiger partial charge is 0.242 e. The summed E-state index contributed by atoms with van der Waals surface area (Å²) in [6.45, 7) is 7.82. The number of aryl methyl sites for hydroxylation is 2. The maximum atomic E-state index is 12.4. The summed E-state index contributed by atoms with van der Waals surface area (Å²) in [5.74, 6) is 0.799. The third kappa shape index (κ3) is 5.82. The maximum Gasteiger partial charge on any atom is 0.242 e. The van der Waals surface area contributed by atoms with Gasteiger partial charge in [0.05, 0.1) is 29.1 Å². The van der Waals surface area contributed by atoms with Crippen LogP contribution in [0.4, 0.5) is 0 Å². The molecule has 0 spiro atoms. The second-order valence-electron chi connectivity index (χ2n) is 7.87. The molecule has 1 fully saturated rings. The lowest BCUT2D eigenvalue weighted by atomic mass is 10.2. The lowest BCUT2D eigenvalue weighted by Gasteiger charge is -2.26. The molecule has 0 unspecified atom stereocenters. The number of ether oxygens (including phenoxy) is 1. The summed E-state index contributed by atoms with van der Waals surface area (Å²) < 4.78 is 33.4. The number of hydrogen-bond acceptors (Lipinski definition) is 6. The number of rotatable bonds is 10. The van der Waals surface area contributed by atoms with Crippen LogP contribution in [0, 0.1) is 0 Å². The van der Waals surface area contributed by atoms with Crippen molar-refractivity contribution in [1.29, 1.82) is 0 Å². The van der Waals surface area contributed by atoms with Crippen molar-refractivity contribution in [2.45, 2.75) is 37.6 Å². The molecule has 1 saturated heterocycles. The van der Waals surface area contributed by atoms with Gasteiger partial charge in [0.15, 0.2) is 0 Å². The van der Waals surface area contributed by atoms with Gasteiger partial charge in [-0.25, -0.2) is 17.7 Å². The minimum Gasteiger partial charge on any atom is -0.379 e. The van der Waals surface area contributed by atoms with Gasteiger partial charge >= 0.3 is 0 Å². The van der Waals surface area contributed by atoms with E-state index in [1.54, 1.807) is 18.2 Å². The molecule has 3 rings (SSSR count). The van der Waals surface area contributed by atoms with Gasteiger partial charge < -0.3 is 14.6 Å². The van der Waals surface area contributed by atoms with E-state index in [1.165, 1.54) is 18.4 Å². The number of amides is 1. The lowest BCUT2D eigenvalue weighted by Crippen LogP contribution is -2.38. The normalized spacial score (nSPS) is 15.6. The van der Waals surface area contributed by atoms with Gasteiger partial charge in [-0.1, -0.05) is 0 Å². The van der Waals surface area contributed by atoms with Gasteiger partial charge in [-0.15, -0.1) is 0 Å². The minimum absolute atomic E-state index is 0.00700. The van der Waals surface area contributed by atoms with Crippen LogP contribution in [-0.4, -0.2) is 86.6 Å². The van der Waals surface area contributed by atoms with Gasteiger partial charge in [-0.05, 0) is 38.1 Å². The molecule has 0 atom stereocenters. The van der Waals surface area contributed by atoms with Crippen molar-refractivity contribution in [3.05, 3.63) is 24.0 Å². The second kappa shape index (κ2) is 10.5. The van der Waals surface area contributed by atoms with Gasteiger partial charge in [0, 0.05) is 53.1 Å². The van der Waals surface area contributed by atoms with E-state index in [1.807, 2.05) is 11.5 Å². The van der Waals surface area contributed by atoms with Crippen LogP contribution in [0.15, 0.2) is 23.1 Å². The van der Waals surface area contributed by atoms with Crippen LogP contribution < -0.4 is 5.32 Å². The Morgan fingerprint density at radius 2 is 2.00 bits per heavy atom. The molecule has 31 heavy (non-hydrogen) atoms. The van der Waals surface area contributed by atoms with E-state index in [9.17, 15) is 13.2 Å². The molecule has 1 aliphatic rings. The maximum absolute atomic E-state index is 12.4. The van der Waals surface area contributed by atoms with E-state index in [-0.39, 0.29) is 10.8 Å². The van der Waals surface area contributed by atoms with Crippen LogP contribution in [-0.2, 0) is 32.5 Å². The molecule has 1 aromatic carbocycles. The lowest BCUT2D eigenvalue weighted by molar-refractivity contribution is -0.121. The number of morpholine rings is 1. The Morgan fingerprint density at radius 1 is 1.26 bits per heavy atom. The number of imidazole rings is 1. The highest BCUT2D eigenvalue weighted by Crippen LogP contribution is 2.22. The van der Waals surface area contributed by atoms with Crippen LogP contribution in [0.5, 0.6) is 0 Å². The zero-order valence-electron chi connectivity index (χ0n) is 18.6. The van der Waals surface area contributed by atoms with E-state index >= 15 is 0 Å². The van der Waals surface area contributed by atoms with Crippen molar-refractivity contribution >= 4 is 27.0 Å².